The Bertz CT molecular complexity index is 221. The maximum Gasteiger partial charge on any atom is 0.305 e. The molecule has 0 bridgehead atoms. The zero-order chi connectivity index (χ0) is 11.1. The molecule has 0 heterocycles. The van der Waals surface area contributed by atoms with Gasteiger partial charge in [-0.25, -0.2) is 0 Å². The number of allylic oxidation sites excluding steroid dienone is 2. The number of ether oxygens (including phenoxy) is 1. The Kier molecular flexibility index (Phi) is 5.44. The van der Waals surface area contributed by atoms with E-state index in [1.54, 1.807) is 0 Å². The molecule has 1 aliphatic rings. The van der Waals surface area contributed by atoms with E-state index in [0.29, 0.717) is 24.9 Å². The van der Waals surface area contributed by atoms with Crippen LogP contribution in [0.25, 0.3) is 0 Å². The number of hydrogen-bond donors (Lipinski definition) is 0. The van der Waals surface area contributed by atoms with Crippen molar-refractivity contribution in [1.29, 1.82) is 0 Å². The van der Waals surface area contributed by atoms with Crippen LogP contribution in [0.15, 0.2) is 12.2 Å². The van der Waals surface area contributed by atoms with Gasteiger partial charge in [0.2, 0.25) is 0 Å². The zero-order valence-electron chi connectivity index (χ0n) is 9.87. The van der Waals surface area contributed by atoms with Gasteiger partial charge in [-0.3, -0.25) is 4.79 Å². The van der Waals surface area contributed by atoms with Crippen molar-refractivity contribution in [2.24, 2.45) is 11.8 Å². The predicted octanol–water partition coefficient (Wildman–Crippen LogP) is 3.32. The zero-order valence-corrected chi connectivity index (χ0v) is 9.87. The van der Waals surface area contributed by atoms with Crippen LogP contribution in [0, 0.1) is 11.8 Å². The summed E-state index contributed by atoms with van der Waals surface area (Å²) in [5.74, 6) is 1.19. The Hall–Kier alpha value is -0.790. The minimum atomic E-state index is -0.0735. The summed E-state index contributed by atoms with van der Waals surface area (Å²) in [5, 5.41) is 0. The molecule has 0 unspecified atom stereocenters. The van der Waals surface area contributed by atoms with Crippen molar-refractivity contribution < 1.29 is 9.53 Å². The van der Waals surface area contributed by atoms with Crippen molar-refractivity contribution in [2.45, 2.75) is 46.0 Å². The van der Waals surface area contributed by atoms with Crippen LogP contribution in [0.5, 0.6) is 0 Å². The Labute approximate surface area is 92.7 Å². The molecule has 2 heteroatoms. The van der Waals surface area contributed by atoms with E-state index in [1.807, 2.05) is 6.92 Å². The van der Waals surface area contributed by atoms with E-state index < -0.39 is 0 Å². The standard InChI is InChI=1S/C13H22O2/c1-3-5-6-7-8-11-9-12(11)10-15-13(14)4-2/h7-8,11-12H,3-6,9-10H2,1-2H3/b8-7+/t11-,12-/m0/s1. The van der Waals surface area contributed by atoms with E-state index in [0.717, 1.165) is 0 Å². The second-order valence-corrected chi connectivity index (χ2v) is 4.27. The molecule has 0 aromatic heterocycles. The van der Waals surface area contributed by atoms with E-state index in [9.17, 15) is 4.79 Å². The van der Waals surface area contributed by atoms with Crippen LogP contribution in [0.3, 0.4) is 0 Å². The maximum absolute atomic E-state index is 10.9. The van der Waals surface area contributed by atoms with Crippen molar-refractivity contribution in [2.75, 3.05) is 6.61 Å². The topological polar surface area (TPSA) is 26.3 Å². The second-order valence-electron chi connectivity index (χ2n) is 4.27. The van der Waals surface area contributed by atoms with Gasteiger partial charge in [-0.15, -0.1) is 0 Å². The van der Waals surface area contributed by atoms with Crippen LogP contribution in [0.2, 0.25) is 0 Å². The monoisotopic (exact) mass is 210 g/mol. The van der Waals surface area contributed by atoms with Crippen molar-refractivity contribution in [3.8, 4) is 0 Å². The van der Waals surface area contributed by atoms with Crippen molar-refractivity contribution in [1.82, 2.24) is 0 Å². The summed E-state index contributed by atoms with van der Waals surface area (Å²) in [7, 11) is 0. The van der Waals surface area contributed by atoms with E-state index in [-0.39, 0.29) is 5.97 Å². The van der Waals surface area contributed by atoms with Gasteiger partial charge < -0.3 is 4.74 Å². The summed E-state index contributed by atoms with van der Waals surface area (Å²) in [6.45, 7) is 4.66. The third-order valence-electron chi connectivity index (χ3n) is 2.83. The molecule has 1 saturated carbocycles. The highest BCUT2D eigenvalue weighted by molar-refractivity contribution is 5.68. The molecule has 0 radical (unpaired) electrons. The van der Waals surface area contributed by atoms with Crippen LogP contribution in [0.1, 0.15) is 46.0 Å². The lowest BCUT2D eigenvalue weighted by atomic mass is 10.2. The number of hydrogen-bond acceptors (Lipinski definition) is 2. The first-order chi connectivity index (χ1) is 7.27. The molecule has 0 saturated heterocycles. The Morgan fingerprint density at radius 1 is 1.47 bits per heavy atom. The van der Waals surface area contributed by atoms with Crippen LogP contribution < -0.4 is 0 Å². The molecule has 2 nitrogen and oxygen atoms in total. The molecule has 0 aliphatic heterocycles. The quantitative estimate of drug-likeness (QED) is 0.366. The van der Waals surface area contributed by atoms with Gasteiger partial charge in [0.1, 0.15) is 0 Å². The largest absolute Gasteiger partial charge is 0.465 e. The minimum Gasteiger partial charge on any atom is -0.465 e. The first-order valence-corrected chi connectivity index (χ1v) is 6.10. The molecule has 0 amide bonds. The fourth-order valence-corrected chi connectivity index (χ4v) is 1.59. The molecule has 0 aromatic carbocycles. The molecule has 2 atom stereocenters. The van der Waals surface area contributed by atoms with E-state index >= 15 is 0 Å². The first-order valence-electron chi connectivity index (χ1n) is 6.10. The number of esters is 1. The number of unbranched alkanes of at least 4 members (excludes halogenated alkanes) is 2. The van der Waals surface area contributed by atoms with Gasteiger partial charge in [0.05, 0.1) is 6.61 Å². The maximum atomic E-state index is 10.9. The van der Waals surface area contributed by atoms with Crippen molar-refractivity contribution >= 4 is 5.97 Å². The fraction of sp³-hybridized carbons (Fsp3) is 0.769. The normalized spacial score (nSPS) is 24.4. The molecule has 1 aliphatic carbocycles. The SMILES string of the molecule is CCCC/C=C/[C@H]1C[C@H]1COC(=O)CC. The third kappa shape index (κ3) is 5.01. The van der Waals surface area contributed by atoms with Gasteiger partial charge >= 0.3 is 5.97 Å². The molecule has 15 heavy (non-hydrogen) atoms. The molecule has 86 valence electrons. The van der Waals surface area contributed by atoms with Crippen molar-refractivity contribution in [3.05, 3.63) is 12.2 Å². The van der Waals surface area contributed by atoms with Gasteiger partial charge in [-0.05, 0) is 24.7 Å². The van der Waals surface area contributed by atoms with Gasteiger partial charge in [0.15, 0.2) is 0 Å². The van der Waals surface area contributed by atoms with Crippen LogP contribution in [-0.4, -0.2) is 12.6 Å². The summed E-state index contributed by atoms with van der Waals surface area (Å²) < 4.78 is 5.10. The summed E-state index contributed by atoms with van der Waals surface area (Å²) in [6.07, 6.45) is 9.97. The molecule has 1 rings (SSSR count). The third-order valence-corrected chi connectivity index (χ3v) is 2.83. The van der Waals surface area contributed by atoms with Crippen molar-refractivity contribution in [3.63, 3.8) is 0 Å². The Morgan fingerprint density at radius 2 is 2.27 bits per heavy atom. The Balaban J connectivity index is 2.02. The lowest BCUT2D eigenvalue weighted by molar-refractivity contribution is -0.143. The first kappa shape index (κ1) is 12.3. The smallest absolute Gasteiger partial charge is 0.305 e. The van der Waals surface area contributed by atoms with Gasteiger partial charge in [0.25, 0.3) is 0 Å². The van der Waals surface area contributed by atoms with E-state index in [4.69, 9.17) is 4.74 Å². The van der Waals surface area contributed by atoms with Crippen LogP contribution in [-0.2, 0) is 9.53 Å². The molecular formula is C13H22O2. The van der Waals surface area contributed by atoms with Gasteiger partial charge in [-0.1, -0.05) is 38.8 Å². The predicted molar refractivity (Wildman–Crippen MR) is 61.5 cm³/mol. The van der Waals surface area contributed by atoms with Gasteiger partial charge in [-0.2, -0.15) is 0 Å². The van der Waals surface area contributed by atoms with E-state index in [1.165, 1.54) is 25.7 Å². The average molecular weight is 210 g/mol. The molecule has 0 N–H and O–H groups in total. The highest BCUT2D eigenvalue weighted by Gasteiger charge is 2.35. The van der Waals surface area contributed by atoms with Crippen LogP contribution >= 0.6 is 0 Å². The molecular weight excluding hydrogens is 188 g/mol. The summed E-state index contributed by atoms with van der Waals surface area (Å²) in [5.41, 5.74) is 0. The summed E-state index contributed by atoms with van der Waals surface area (Å²) in [4.78, 5) is 10.9. The lowest BCUT2D eigenvalue weighted by Gasteiger charge is -2.00. The summed E-state index contributed by atoms with van der Waals surface area (Å²) in [6, 6.07) is 0. The lowest BCUT2D eigenvalue weighted by Crippen LogP contribution is -2.05. The fourth-order valence-electron chi connectivity index (χ4n) is 1.59. The molecule has 1 fully saturated rings. The minimum absolute atomic E-state index is 0.0735. The number of rotatable bonds is 7. The average Bonchev–Trinajstić information content (AvgIpc) is 3.00. The van der Waals surface area contributed by atoms with Gasteiger partial charge in [0, 0.05) is 6.42 Å². The highest BCUT2D eigenvalue weighted by atomic mass is 16.5. The molecule has 0 spiro atoms. The summed E-state index contributed by atoms with van der Waals surface area (Å²) >= 11 is 0. The number of carbonyl (C=O) groups is 1. The number of carbonyl (C=O) groups excluding carboxylic acids is 1. The van der Waals surface area contributed by atoms with Crippen LogP contribution in [0.4, 0.5) is 0 Å². The second kappa shape index (κ2) is 6.65. The molecule has 0 aromatic rings. The van der Waals surface area contributed by atoms with E-state index in [2.05, 4.69) is 19.1 Å². The Morgan fingerprint density at radius 3 is 2.93 bits per heavy atom. The highest BCUT2D eigenvalue weighted by Crippen LogP contribution is 2.39.